The average molecular weight is 241 g/mol. The van der Waals surface area contributed by atoms with Crippen molar-refractivity contribution < 1.29 is 24.5 Å². The van der Waals surface area contributed by atoms with Gasteiger partial charge in [-0.05, 0) is 6.07 Å². The van der Waals surface area contributed by atoms with E-state index in [1.165, 1.54) is 26.6 Å². The van der Waals surface area contributed by atoms with E-state index in [4.69, 9.17) is 4.74 Å². The highest BCUT2D eigenvalue weighted by Crippen LogP contribution is 2.27. The first-order valence-electron chi connectivity index (χ1n) is 5.01. The van der Waals surface area contributed by atoms with Crippen LogP contribution < -0.4 is 4.74 Å². The summed E-state index contributed by atoms with van der Waals surface area (Å²) in [5.41, 5.74) is 0.325. The lowest BCUT2D eigenvalue weighted by Crippen LogP contribution is -2.23. The van der Waals surface area contributed by atoms with Gasteiger partial charge in [0.25, 0.3) is 0 Å². The Morgan fingerprint density at radius 1 is 1.47 bits per heavy atom. The molecule has 0 spiro atoms. The van der Waals surface area contributed by atoms with Crippen LogP contribution in [0.2, 0.25) is 0 Å². The molecule has 0 aliphatic rings. The Kier molecular flexibility index (Phi) is 4.86. The second kappa shape index (κ2) is 6.17. The fraction of sp³-hybridized carbons (Fsp3) is 0.455. The number of nitrogens with zero attached hydrogens (tertiary/aromatic N) is 1. The Labute approximate surface area is 98.8 Å². The Balaban J connectivity index is 2.80. The number of methoxy groups -OCH3 is 2. The van der Waals surface area contributed by atoms with Crippen molar-refractivity contribution in [1.82, 2.24) is 4.98 Å². The van der Waals surface area contributed by atoms with Gasteiger partial charge >= 0.3 is 5.97 Å². The van der Waals surface area contributed by atoms with Crippen molar-refractivity contribution in [2.45, 2.75) is 18.6 Å². The van der Waals surface area contributed by atoms with Gasteiger partial charge < -0.3 is 19.7 Å². The molecule has 0 aromatic carbocycles. The molecule has 0 aliphatic heterocycles. The molecule has 6 heteroatoms. The van der Waals surface area contributed by atoms with E-state index in [1.807, 2.05) is 0 Å². The van der Waals surface area contributed by atoms with Crippen LogP contribution in [0.15, 0.2) is 18.5 Å². The fourth-order valence-electron chi connectivity index (χ4n) is 1.37. The number of carbonyl (C=O) groups excluding carboxylic acids is 1. The van der Waals surface area contributed by atoms with Crippen LogP contribution in [-0.2, 0) is 9.53 Å². The molecule has 2 N–H and O–H groups in total. The zero-order valence-corrected chi connectivity index (χ0v) is 9.66. The normalized spacial score (nSPS) is 13.9. The van der Waals surface area contributed by atoms with Crippen molar-refractivity contribution in [2.24, 2.45) is 0 Å². The summed E-state index contributed by atoms with van der Waals surface area (Å²) in [6.45, 7) is 0. The van der Waals surface area contributed by atoms with Crippen molar-refractivity contribution >= 4 is 5.97 Å². The van der Waals surface area contributed by atoms with Gasteiger partial charge in [0.15, 0.2) is 0 Å². The summed E-state index contributed by atoms with van der Waals surface area (Å²) in [7, 11) is 2.66. The number of hydrogen-bond donors (Lipinski definition) is 2. The van der Waals surface area contributed by atoms with Crippen LogP contribution in [0.25, 0.3) is 0 Å². The first kappa shape index (κ1) is 13.4. The second-order valence-corrected chi connectivity index (χ2v) is 3.41. The van der Waals surface area contributed by atoms with Gasteiger partial charge in [-0.15, -0.1) is 0 Å². The van der Waals surface area contributed by atoms with Crippen LogP contribution in [0.3, 0.4) is 0 Å². The Bertz CT molecular complexity index is 382. The molecule has 0 amide bonds. The summed E-state index contributed by atoms with van der Waals surface area (Å²) in [6.07, 6.45) is 0.0693. The lowest BCUT2D eigenvalue weighted by molar-refractivity contribution is -0.144. The van der Waals surface area contributed by atoms with Crippen molar-refractivity contribution in [1.29, 1.82) is 0 Å². The Morgan fingerprint density at radius 2 is 2.18 bits per heavy atom. The highest BCUT2D eigenvalue weighted by molar-refractivity contribution is 5.69. The highest BCUT2D eigenvalue weighted by atomic mass is 16.5. The minimum atomic E-state index is -1.26. The molecule has 1 heterocycles. The van der Waals surface area contributed by atoms with Gasteiger partial charge in [-0.25, -0.2) is 0 Å². The predicted molar refractivity (Wildman–Crippen MR) is 58.4 cm³/mol. The standard InChI is InChI=1S/C11H15NO5/c1-16-9-3-4-12-6-7(9)11(15)8(13)5-10(14)17-2/h3-4,6,8,11,13,15H,5H2,1-2H3. The van der Waals surface area contributed by atoms with E-state index in [0.29, 0.717) is 11.3 Å². The zero-order chi connectivity index (χ0) is 12.8. The summed E-state index contributed by atoms with van der Waals surface area (Å²) in [5.74, 6) is -0.198. The van der Waals surface area contributed by atoms with E-state index in [0.717, 1.165) is 0 Å². The monoisotopic (exact) mass is 241 g/mol. The molecule has 1 aromatic heterocycles. The third-order valence-corrected chi connectivity index (χ3v) is 2.32. The van der Waals surface area contributed by atoms with Crippen LogP contribution >= 0.6 is 0 Å². The van der Waals surface area contributed by atoms with E-state index >= 15 is 0 Å². The number of aliphatic hydroxyl groups excluding tert-OH is 2. The third kappa shape index (κ3) is 3.40. The molecular formula is C11H15NO5. The maximum atomic E-state index is 11.0. The largest absolute Gasteiger partial charge is 0.496 e. The van der Waals surface area contributed by atoms with Crippen LogP contribution in [0.4, 0.5) is 0 Å². The van der Waals surface area contributed by atoms with Crippen molar-refractivity contribution in [3.8, 4) is 5.75 Å². The van der Waals surface area contributed by atoms with E-state index in [2.05, 4.69) is 9.72 Å². The zero-order valence-electron chi connectivity index (χ0n) is 9.66. The number of hydrogen-bond acceptors (Lipinski definition) is 6. The van der Waals surface area contributed by atoms with E-state index < -0.39 is 18.2 Å². The van der Waals surface area contributed by atoms with Crippen molar-refractivity contribution in [2.75, 3.05) is 14.2 Å². The number of esters is 1. The predicted octanol–water partition coefficient (Wildman–Crippen LogP) is 0.0476. The SMILES string of the molecule is COC(=O)CC(O)C(O)c1cnccc1OC. The van der Waals surface area contributed by atoms with Crippen LogP contribution in [0, 0.1) is 0 Å². The average Bonchev–Trinajstić information content (AvgIpc) is 2.37. The first-order valence-corrected chi connectivity index (χ1v) is 5.01. The molecule has 1 aromatic rings. The van der Waals surface area contributed by atoms with Crippen LogP contribution in [0.5, 0.6) is 5.75 Å². The molecule has 94 valence electrons. The van der Waals surface area contributed by atoms with Crippen molar-refractivity contribution in [3.63, 3.8) is 0 Å². The van der Waals surface area contributed by atoms with Gasteiger partial charge in [0.1, 0.15) is 11.9 Å². The molecule has 6 nitrogen and oxygen atoms in total. The van der Waals surface area contributed by atoms with E-state index in [-0.39, 0.29) is 6.42 Å². The number of rotatable bonds is 5. The van der Waals surface area contributed by atoms with Gasteiger partial charge in [-0.2, -0.15) is 0 Å². The molecule has 0 fully saturated rings. The summed E-state index contributed by atoms with van der Waals surface area (Å²) < 4.78 is 9.43. The Morgan fingerprint density at radius 3 is 2.76 bits per heavy atom. The quantitative estimate of drug-likeness (QED) is 0.708. The number of aromatic nitrogens is 1. The lowest BCUT2D eigenvalue weighted by atomic mass is 10.0. The maximum Gasteiger partial charge on any atom is 0.308 e. The molecule has 0 aliphatic carbocycles. The van der Waals surface area contributed by atoms with Crippen molar-refractivity contribution in [3.05, 3.63) is 24.0 Å². The van der Waals surface area contributed by atoms with E-state index in [9.17, 15) is 15.0 Å². The molecule has 0 saturated heterocycles. The highest BCUT2D eigenvalue weighted by Gasteiger charge is 2.24. The summed E-state index contributed by atoms with van der Waals surface area (Å²) >= 11 is 0. The molecule has 2 unspecified atom stereocenters. The number of aliphatic hydroxyl groups is 2. The maximum absolute atomic E-state index is 11.0. The smallest absolute Gasteiger partial charge is 0.308 e. The van der Waals surface area contributed by atoms with Crippen LogP contribution in [-0.4, -0.2) is 41.5 Å². The fourth-order valence-corrected chi connectivity index (χ4v) is 1.37. The number of pyridine rings is 1. The summed E-state index contributed by atoms with van der Waals surface area (Å²) in [4.78, 5) is 14.8. The lowest BCUT2D eigenvalue weighted by Gasteiger charge is -2.18. The minimum Gasteiger partial charge on any atom is -0.496 e. The molecule has 17 heavy (non-hydrogen) atoms. The molecule has 0 radical (unpaired) electrons. The Hall–Kier alpha value is -1.66. The molecule has 0 bridgehead atoms. The molecule has 0 saturated carbocycles. The minimum absolute atomic E-state index is 0.296. The van der Waals surface area contributed by atoms with Gasteiger partial charge in [-0.3, -0.25) is 9.78 Å². The third-order valence-electron chi connectivity index (χ3n) is 2.32. The summed E-state index contributed by atoms with van der Waals surface area (Å²) in [5, 5.41) is 19.5. The van der Waals surface area contributed by atoms with Gasteiger partial charge in [0.2, 0.25) is 0 Å². The van der Waals surface area contributed by atoms with E-state index in [1.54, 1.807) is 6.07 Å². The summed E-state index contributed by atoms with van der Waals surface area (Å²) in [6, 6.07) is 1.56. The van der Waals surface area contributed by atoms with Gasteiger partial charge in [0.05, 0.1) is 26.7 Å². The van der Waals surface area contributed by atoms with Gasteiger partial charge in [-0.1, -0.05) is 0 Å². The molecule has 1 rings (SSSR count). The molecule has 2 atom stereocenters. The topological polar surface area (TPSA) is 88.9 Å². The van der Waals surface area contributed by atoms with Crippen LogP contribution in [0.1, 0.15) is 18.1 Å². The van der Waals surface area contributed by atoms with Gasteiger partial charge in [0, 0.05) is 18.0 Å². The number of carbonyl (C=O) groups is 1. The number of ether oxygens (including phenoxy) is 2. The first-order chi connectivity index (χ1) is 8.10. The molecular weight excluding hydrogens is 226 g/mol. The second-order valence-electron chi connectivity index (χ2n) is 3.41.